The molecule has 11 heteroatoms. The number of amides is 1. The van der Waals surface area contributed by atoms with Gasteiger partial charge >= 0.3 is 6.09 Å². The Morgan fingerprint density at radius 1 is 0.878 bits per heavy atom. The lowest BCUT2D eigenvalue weighted by Gasteiger charge is -2.36. The van der Waals surface area contributed by atoms with Crippen molar-refractivity contribution in [3.05, 3.63) is 72.1 Å². The first kappa shape index (κ1) is 28.0. The van der Waals surface area contributed by atoms with Crippen LogP contribution in [0.15, 0.2) is 59.5 Å². The summed E-state index contributed by atoms with van der Waals surface area (Å²) in [6, 6.07) is 11.8. The molecule has 0 saturated heterocycles. The molecule has 0 bridgehead atoms. The second-order valence-corrected chi connectivity index (χ2v) is 11.6. The zero-order chi connectivity index (χ0) is 29.2. The van der Waals surface area contributed by atoms with Gasteiger partial charge in [0.25, 0.3) is 0 Å². The van der Waals surface area contributed by atoms with E-state index in [9.17, 15) is 4.79 Å². The first-order valence-corrected chi connectivity index (χ1v) is 13.5. The van der Waals surface area contributed by atoms with Gasteiger partial charge in [-0.05, 0) is 50.6 Å². The van der Waals surface area contributed by atoms with Crippen molar-refractivity contribution in [2.75, 3.05) is 0 Å². The lowest BCUT2D eigenvalue weighted by atomic mass is 9.81. The number of hydrogen-bond donors (Lipinski definition) is 1. The highest BCUT2D eigenvalue weighted by atomic mass is 16.6. The molecule has 5 rings (SSSR count). The highest BCUT2D eigenvalue weighted by molar-refractivity contribution is 5.68. The van der Waals surface area contributed by atoms with Crippen LogP contribution in [0, 0.1) is 6.92 Å². The first-order chi connectivity index (χ1) is 19.4. The van der Waals surface area contributed by atoms with Crippen LogP contribution < -0.4 is 14.8 Å². The lowest BCUT2D eigenvalue weighted by molar-refractivity contribution is 0.0362. The number of nitrogens with one attached hydrogen (secondary N) is 1. The second-order valence-electron chi connectivity index (χ2n) is 11.6. The number of aryl methyl sites for hydroxylation is 1. The number of hydrogen-bond acceptors (Lipinski definition) is 10. The number of ether oxygens (including phenoxy) is 3. The molecule has 1 N–H and O–H groups in total. The van der Waals surface area contributed by atoms with E-state index in [1.165, 1.54) is 0 Å². The van der Waals surface area contributed by atoms with Crippen LogP contribution in [0.5, 0.6) is 17.2 Å². The van der Waals surface area contributed by atoms with E-state index < -0.39 is 11.7 Å². The van der Waals surface area contributed by atoms with Crippen LogP contribution in [-0.2, 0) is 10.2 Å². The highest BCUT2D eigenvalue weighted by Gasteiger charge is 2.33. The fourth-order valence-corrected chi connectivity index (χ4v) is 4.36. The maximum absolute atomic E-state index is 11.9. The summed E-state index contributed by atoms with van der Waals surface area (Å²) in [5.41, 5.74) is 1.14. The average molecular weight is 559 g/mol. The Labute approximate surface area is 238 Å². The fourth-order valence-electron chi connectivity index (χ4n) is 4.36. The van der Waals surface area contributed by atoms with Crippen LogP contribution >= 0.6 is 0 Å². The smallest absolute Gasteiger partial charge is 0.407 e. The Bertz CT molecular complexity index is 1470. The van der Waals surface area contributed by atoms with Crippen molar-refractivity contribution in [2.45, 2.75) is 77.5 Å². The summed E-state index contributed by atoms with van der Waals surface area (Å²) in [4.78, 5) is 29.3. The molecule has 41 heavy (non-hydrogen) atoms. The van der Waals surface area contributed by atoms with E-state index >= 15 is 0 Å². The maximum atomic E-state index is 11.9. The van der Waals surface area contributed by atoms with Crippen molar-refractivity contribution in [3.8, 4) is 28.9 Å². The van der Waals surface area contributed by atoms with Gasteiger partial charge < -0.3 is 24.1 Å². The quantitative estimate of drug-likeness (QED) is 0.283. The Hall–Kier alpha value is -4.54. The zero-order valence-corrected chi connectivity index (χ0v) is 24.0. The molecule has 0 spiro atoms. The Morgan fingerprint density at radius 3 is 2.12 bits per heavy atom. The van der Waals surface area contributed by atoms with Crippen molar-refractivity contribution in [3.63, 3.8) is 0 Å². The number of nitrogens with zero attached hydrogens (tertiary/aromatic N) is 5. The summed E-state index contributed by atoms with van der Waals surface area (Å²) in [5, 5.41) is 6.70. The SMILES string of the molecule is Cc1nc(-c2ncc(Oc3ccc(C(C)(C)c4ccc(O[C@H]5C[C@H](NC(=O)OC(C)(C)C)C5)cn4)cc3)cn2)no1. The molecule has 0 atom stereocenters. The minimum Gasteiger partial charge on any atom is -0.489 e. The highest BCUT2D eigenvalue weighted by Crippen LogP contribution is 2.33. The van der Waals surface area contributed by atoms with E-state index in [4.69, 9.17) is 23.7 Å². The van der Waals surface area contributed by atoms with Gasteiger partial charge in [-0.3, -0.25) is 4.98 Å². The summed E-state index contributed by atoms with van der Waals surface area (Å²) in [6.45, 7) is 11.5. The minimum atomic E-state index is -0.513. The third-order valence-corrected chi connectivity index (χ3v) is 6.66. The number of benzene rings is 1. The second kappa shape index (κ2) is 11.1. The number of alkyl carbamates (subject to hydrolysis) is 1. The molecule has 1 aliphatic rings. The molecule has 1 fully saturated rings. The van der Waals surface area contributed by atoms with Crippen molar-refractivity contribution in [1.29, 1.82) is 0 Å². The normalized spacial score (nSPS) is 16.9. The van der Waals surface area contributed by atoms with Crippen molar-refractivity contribution in [2.24, 2.45) is 0 Å². The third-order valence-electron chi connectivity index (χ3n) is 6.66. The van der Waals surface area contributed by atoms with Crippen molar-refractivity contribution >= 4 is 6.09 Å². The number of carbonyl (C=O) groups is 1. The standard InChI is InChI=1S/C30H34N6O5/c1-18-34-27(36-41-18)26-32-16-24(17-33-26)38-21-9-7-19(8-10-21)30(5,6)25-12-11-22(15-31-25)39-23-13-20(14-23)35-28(37)40-29(2,3)4/h7-12,15-17,20,23H,13-14H2,1-6H3,(H,35,37)/t20-,23-. The molecule has 0 aliphatic heterocycles. The van der Waals surface area contributed by atoms with E-state index in [-0.39, 0.29) is 17.6 Å². The summed E-state index contributed by atoms with van der Waals surface area (Å²) in [7, 11) is 0. The van der Waals surface area contributed by atoms with E-state index in [2.05, 4.69) is 39.3 Å². The van der Waals surface area contributed by atoms with Gasteiger partial charge in [-0.1, -0.05) is 31.1 Å². The molecule has 3 heterocycles. The van der Waals surface area contributed by atoms with Gasteiger partial charge in [0, 0.05) is 31.2 Å². The van der Waals surface area contributed by atoms with Crippen LogP contribution in [-0.4, -0.2) is 48.9 Å². The van der Waals surface area contributed by atoms with Crippen LogP contribution in [0.1, 0.15) is 64.6 Å². The predicted octanol–water partition coefficient (Wildman–Crippen LogP) is 5.78. The van der Waals surface area contributed by atoms with E-state index in [0.717, 1.165) is 24.1 Å². The molecule has 0 unspecified atom stereocenters. The monoisotopic (exact) mass is 558 g/mol. The largest absolute Gasteiger partial charge is 0.489 e. The van der Waals surface area contributed by atoms with Crippen LogP contribution in [0.25, 0.3) is 11.6 Å². The van der Waals surface area contributed by atoms with Gasteiger partial charge in [-0.2, -0.15) is 4.98 Å². The summed E-state index contributed by atoms with van der Waals surface area (Å²) in [5.74, 6) is 3.01. The van der Waals surface area contributed by atoms with Crippen molar-refractivity contribution < 1.29 is 23.5 Å². The molecular formula is C30H34N6O5. The summed E-state index contributed by atoms with van der Waals surface area (Å²) in [6.07, 6.45) is 6.00. The Kier molecular flexibility index (Phi) is 7.61. The van der Waals surface area contributed by atoms with Crippen molar-refractivity contribution in [1.82, 2.24) is 30.4 Å². The molecular weight excluding hydrogens is 524 g/mol. The number of rotatable bonds is 8. The molecule has 214 valence electrons. The van der Waals surface area contributed by atoms with Crippen LogP contribution in [0.3, 0.4) is 0 Å². The molecule has 1 amide bonds. The summed E-state index contributed by atoms with van der Waals surface area (Å²) >= 11 is 0. The maximum Gasteiger partial charge on any atom is 0.407 e. The van der Waals surface area contributed by atoms with Gasteiger partial charge in [0.1, 0.15) is 23.2 Å². The minimum absolute atomic E-state index is 0.0351. The van der Waals surface area contributed by atoms with Gasteiger partial charge in [-0.25, -0.2) is 14.8 Å². The van der Waals surface area contributed by atoms with Gasteiger partial charge in [0.15, 0.2) is 5.75 Å². The van der Waals surface area contributed by atoms with Crippen LogP contribution in [0.2, 0.25) is 0 Å². The van der Waals surface area contributed by atoms with Gasteiger partial charge in [0.05, 0.1) is 24.3 Å². The zero-order valence-electron chi connectivity index (χ0n) is 24.0. The molecule has 1 saturated carbocycles. The molecule has 1 aromatic carbocycles. The average Bonchev–Trinajstić information content (AvgIpc) is 3.33. The third kappa shape index (κ3) is 6.97. The van der Waals surface area contributed by atoms with Gasteiger partial charge in [0.2, 0.25) is 17.5 Å². The molecule has 3 aromatic heterocycles. The first-order valence-electron chi connectivity index (χ1n) is 13.5. The topological polar surface area (TPSA) is 134 Å². The van der Waals surface area contributed by atoms with E-state index in [0.29, 0.717) is 34.8 Å². The number of aromatic nitrogens is 5. The van der Waals surface area contributed by atoms with E-state index in [1.807, 2.05) is 57.2 Å². The fraction of sp³-hybridized carbons (Fsp3) is 0.400. The number of pyridine rings is 1. The molecule has 0 radical (unpaired) electrons. The van der Waals surface area contributed by atoms with Crippen LogP contribution in [0.4, 0.5) is 4.79 Å². The number of carbonyl (C=O) groups excluding carboxylic acids is 1. The predicted molar refractivity (Wildman–Crippen MR) is 150 cm³/mol. The molecule has 1 aliphatic carbocycles. The Balaban J connectivity index is 1.13. The van der Waals surface area contributed by atoms with E-state index in [1.54, 1.807) is 25.5 Å². The summed E-state index contributed by atoms with van der Waals surface area (Å²) < 4.78 is 22.2. The molecule has 11 nitrogen and oxygen atoms in total. The molecule has 4 aromatic rings. The Morgan fingerprint density at radius 2 is 1.54 bits per heavy atom. The van der Waals surface area contributed by atoms with Gasteiger partial charge in [-0.15, -0.1) is 0 Å². The lowest BCUT2D eigenvalue weighted by Crippen LogP contribution is -2.50.